The van der Waals surface area contributed by atoms with E-state index >= 15 is 0 Å². The molecule has 1 N–H and O–H groups in total. The minimum absolute atomic E-state index is 0.238. The van der Waals surface area contributed by atoms with Crippen molar-refractivity contribution in [2.75, 3.05) is 26.7 Å². The van der Waals surface area contributed by atoms with Gasteiger partial charge in [0.2, 0.25) is 5.91 Å². The number of likely N-dealkylation sites (tertiary alicyclic amines) is 1. The Morgan fingerprint density at radius 1 is 1.10 bits per heavy atom. The van der Waals surface area contributed by atoms with Crippen LogP contribution in [0.5, 0.6) is 0 Å². The minimum atomic E-state index is 0.238. The average Bonchev–Trinajstić information content (AvgIpc) is 2.53. The zero-order chi connectivity index (χ0) is 15.1. The molecule has 0 aromatic carbocycles. The van der Waals surface area contributed by atoms with Crippen LogP contribution in [0, 0.1) is 17.8 Å². The van der Waals surface area contributed by atoms with Gasteiger partial charge in [-0.3, -0.25) is 4.79 Å². The van der Waals surface area contributed by atoms with Gasteiger partial charge >= 0.3 is 0 Å². The van der Waals surface area contributed by atoms with E-state index in [1.807, 2.05) is 7.05 Å². The van der Waals surface area contributed by atoms with E-state index in [0.717, 1.165) is 37.9 Å². The molecule has 2 rings (SSSR count). The first-order chi connectivity index (χ1) is 10.2. The molecule has 2 aliphatic rings. The number of nitrogens with zero attached hydrogens (tertiary/aromatic N) is 1. The number of carbonyl (C=O) groups excluding carboxylic acids is 1. The smallest absolute Gasteiger partial charge is 0.225 e. The van der Waals surface area contributed by atoms with Crippen molar-refractivity contribution in [3.05, 3.63) is 0 Å². The zero-order valence-corrected chi connectivity index (χ0v) is 14.1. The Labute approximate surface area is 130 Å². The van der Waals surface area contributed by atoms with Gasteiger partial charge in [-0.25, -0.2) is 0 Å². The highest BCUT2D eigenvalue weighted by Crippen LogP contribution is 2.30. The number of nitrogens with one attached hydrogen (secondary N) is 1. The summed E-state index contributed by atoms with van der Waals surface area (Å²) in [4.78, 5) is 14.7. The summed E-state index contributed by atoms with van der Waals surface area (Å²) in [6.45, 7) is 5.24. The highest BCUT2D eigenvalue weighted by Gasteiger charge is 2.27. The first kappa shape index (κ1) is 16.8. The third kappa shape index (κ3) is 5.28. The molecular formula is C18H34N2O. The van der Waals surface area contributed by atoms with Gasteiger partial charge in [0.15, 0.2) is 0 Å². The molecular weight excluding hydrogens is 260 g/mol. The summed E-state index contributed by atoms with van der Waals surface area (Å²) in [5.74, 6) is 2.29. The van der Waals surface area contributed by atoms with Gasteiger partial charge in [0.1, 0.15) is 0 Å². The van der Waals surface area contributed by atoms with Crippen LogP contribution in [0.15, 0.2) is 0 Å². The standard InChI is InChI=1S/C18H34N2O/c1-15(14-17-6-4-3-5-7-17)18(21)20-12-9-16(10-13-20)8-11-19-2/h15-17,19H,3-14H2,1-2H3. The van der Waals surface area contributed by atoms with E-state index in [0.29, 0.717) is 5.91 Å². The van der Waals surface area contributed by atoms with Gasteiger partial charge in [0.25, 0.3) is 0 Å². The molecule has 1 atom stereocenters. The van der Waals surface area contributed by atoms with E-state index in [1.165, 1.54) is 51.4 Å². The molecule has 1 saturated heterocycles. The van der Waals surface area contributed by atoms with Crippen molar-refractivity contribution in [3.8, 4) is 0 Å². The molecule has 1 aliphatic heterocycles. The Morgan fingerprint density at radius 3 is 2.38 bits per heavy atom. The van der Waals surface area contributed by atoms with Crippen molar-refractivity contribution >= 4 is 5.91 Å². The molecule has 0 spiro atoms. The Kier molecular flexibility index (Phi) is 7.01. The number of carbonyl (C=O) groups is 1. The van der Waals surface area contributed by atoms with Crippen LogP contribution in [0.2, 0.25) is 0 Å². The summed E-state index contributed by atoms with van der Waals surface area (Å²) >= 11 is 0. The molecule has 1 amide bonds. The van der Waals surface area contributed by atoms with Crippen LogP contribution in [0.4, 0.5) is 0 Å². The number of hydrogen-bond donors (Lipinski definition) is 1. The third-order valence-electron chi connectivity index (χ3n) is 5.56. The molecule has 3 nitrogen and oxygen atoms in total. The molecule has 0 radical (unpaired) electrons. The Hall–Kier alpha value is -0.570. The summed E-state index contributed by atoms with van der Waals surface area (Å²) < 4.78 is 0. The predicted octanol–water partition coefficient (Wildman–Crippen LogP) is 3.44. The van der Waals surface area contributed by atoms with Crippen LogP contribution < -0.4 is 5.32 Å². The fraction of sp³-hybridized carbons (Fsp3) is 0.944. The molecule has 2 fully saturated rings. The fourth-order valence-electron chi connectivity index (χ4n) is 4.13. The van der Waals surface area contributed by atoms with Crippen LogP contribution in [0.25, 0.3) is 0 Å². The maximum Gasteiger partial charge on any atom is 0.225 e. The SMILES string of the molecule is CNCCC1CCN(C(=O)C(C)CC2CCCCC2)CC1. The van der Waals surface area contributed by atoms with Crippen molar-refractivity contribution in [1.29, 1.82) is 0 Å². The van der Waals surface area contributed by atoms with Crippen molar-refractivity contribution in [2.24, 2.45) is 17.8 Å². The van der Waals surface area contributed by atoms with E-state index < -0.39 is 0 Å². The zero-order valence-electron chi connectivity index (χ0n) is 14.1. The van der Waals surface area contributed by atoms with Crippen LogP contribution in [0.3, 0.4) is 0 Å². The van der Waals surface area contributed by atoms with E-state index in [-0.39, 0.29) is 5.92 Å². The second-order valence-electron chi connectivity index (χ2n) is 7.30. The van der Waals surface area contributed by atoms with Gasteiger partial charge in [-0.05, 0) is 51.1 Å². The molecule has 21 heavy (non-hydrogen) atoms. The monoisotopic (exact) mass is 294 g/mol. The second kappa shape index (κ2) is 8.77. The Balaban J connectivity index is 1.70. The normalized spacial score (nSPS) is 23.2. The summed E-state index contributed by atoms with van der Waals surface area (Å²) in [5.41, 5.74) is 0. The van der Waals surface area contributed by atoms with Gasteiger partial charge in [-0.15, -0.1) is 0 Å². The maximum atomic E-state index is 12.6. The summed E-state index contributed by atoms with van der Waals surface area (Å²) in [6, 6.07) is 0. The Morgan fingerprint density at radius 2 is 1.76 bits per heavy atom. The average molecular weight is 294 g/mol. The molecule has 1 saturated carbocycles. The van der Waals surface area contributed by atoms with E-state index in [2.05, 4.69) is 17.1 Å². The highest BCUT2D eigenvalue weighted by atomic mass is 16.2. The fourth-order valence-corrected chi connectivity index (χ4v) is 4.13. The van der Waals surface area contributed by atoms with E-state index in [4.69, 9.17) is 0 Å². The first-order valence-corrected chi connectivity index (χ1v) is 9.14. The topological polar surface area (TPSA) is 32.3 Å². The third-order valence-corrected chi connectivity index (χ3v) is 5.56. The lowest BCUT2D eigenvalue weighted by Crippen LogP contribution is -2.42. The number of amides is 1. The van der Waals surface area contributed by atoms with Crippen LogP contribution >= 0.6 is 0 Å². The number of piperidine rings is 1. The highest BCUT2D eigenvalue weighted by molar-refractivity contribution is 5.78. The molecule has 0 aromatic heterocycles. The second-order valence-corrected chi connectivity index (χ2v) is 7.30. The van der Waals surface area contributed by atoms with Crippen LogP contribution in [-0.2, 0) is 4.79 Å². The largest absolute Gasteiger partial charge is 0.342 e. The van der Waals surface area contributed by atoms with Gasteiger partial charge in [-0.1, -0.05) is 39.0 Å². The van der Waals surface area contributed by atoms with Crippen molar-refractivity contribution in [3.63, 3.8) is 0 Å². The molecule has 122 valence electrons. The maximum absolute atomic E-state index is 12.6. The quantitative estimate of drug-likeness (QED) is 0.814. The first-order valence-electron chi connectivity index (χ1n) is 9.14. The van der Waals surface area contributed by atoms with E-state index in [9.17, 15) is 4.79 Å². The lowest BCUT2D eigenvalue weighted by molar-refractivity contribution is -0.137. The lowest BCUT2D eigenvalue weighted by Gasteiger charge is -2.34. The van der Waals surface area contributed by atoms with Crippen molar-refractivity contribution in [2.45, 2.75) is 64.7 Å². The molecule has 1 heterocycles. The molecule has 1 unspecified atom stereocenters. The van der Waals surface area contributed by atoms with Gasteiger partial charge in [0, 0.05) is 19.0 Å². The van der Waals surface area contributed by atoms with Gasteiger partial charge < -0.3 is 10.2 Å². The van der Waals surface area contributed by atoms with Gasteiger partial charge in [-0.2, -0.15) is 0 Å². The van der Waals surface area contributed by atoms with Crippen LogP contribution in [-0.4, -0.2) is 37.5 Å². The van der Waals surface area contributed by atoms with E-state index in [1.54, 1.807) is 0 Å². The summed E-state index contributed by atoms with van der Waals surface area (Å²) in [7, 11) is 2.02. The molecule has 1 aliphatic carbocycles. The lowest BCUT2D eigenvalue weighted by atomic mass is 9.82. The Bertz CT molecular complexity index is 304. The van der Waals surface area contributed by atoms with Crippen molar-refractivity contribution in [1.82, 2.24) is 10.2 Å². The molecule has 3 heteroatoms. The number of rotatable bonds is 6. The predicted molar refractivity (Wildman–Crippen MR) is 88.2 cm³/mol. The summed E-state index contributed by atoms with van der Waals surface area (Å²) in [6.07, 6.45) is 11.6. The summed E-state index contributed by atoms with van der Waals surface area (Å²) in [5, 5.41) is 3.23. The molecule has 0 bridgehead atoms. The molecule has 0 aromatic rings. The van der Waals surface area contributed by atoms with Crippen LogP contribution in [0.1, 0.15) is 64.7 Å². The van der Waals surface area contributed by atoms with Crippen molar-refractivity contribution < 1.29 is 4.79 Å². The van der Waals surface area contributed by atoms with Gasteiger partial charge in [0.05, 0.1) is 0 Å². The minimum Gasteiger partial charge on any atom is -0.342 e. The number of hydrogen-bond acceptors (Lipinski definition) is 2.